The van der Waals surface area contributed by atoms with Crippen LogP contribution in [0.4, 0.5) is 0 Å². The van der Waals surface area contributed by atoms with Gasteiger partial charge in [0.05, 0.1) is 6.04 Å². The van der Waals surface area contributed by atoms with Gasteiger partial charge in [0.1, 0.15) is 0 Å². The molecule has 1 amide bonds. The molecule has 2 saturated heterocycles. The third kappa shape index (κ3) is 4.46. The van der Waals surface area contributed by atoms with Crippen molar-refractivity contribution in [2.75, 3.05) is 40.3 Å². The Morgan fingerprint density at radius 1 is 1.26 bits per heavy atom. The van der Waals surface area contributed by atoms with Crippen molar-refractivity contribution in [3.8, 4) is 0 Å². The lowest BCUT2D eigenvalue weighted by atomic mass is 9.92. The minimum atomic E-state index is 0.116. The monoisotopic (exact) mass is 267 g/mol. The number of amides is 1. The van der Waals surface area contributed by atoms with Gasteiger partial charge >= 0.3 is 0 Å². The average molecular weight is 267 g/mol. The minimum absolute atomic E-state index is 0.116. The molecular weight excluding hydrogens is 238 g/mol. The van der Waals surface area contributed by atoms with Gasteiger partial charge < -0.3 is 15.1 Å². The molecule has 0 aromatic heterocycles. The van der Waals surface area contributed by atoms with Crippen LogP contribution in [0, 0.1) is 5.92 Å². The van der Waals surface area contributed by atoms with Crippen molar-refractivity contribution in [2.24, 2.45) is 5.92 Å². The highest BCUT2D eigenvalue weighted by Gasteiger charge is 2.29. The summed E-state index contributed by atoms with van der Waals surface area (Å²) in [7, 11) is 4.27. The fourth-order valence-corrected chi connectivity index (χ4v) is 3.25. The van der Waals surface area contributed by atoms with Crippen LogP contribution in [0.2, 0.25) is 0 Å². The highest BCUT2D eigenvalue weighted by atomic mass is 16.2. The average Bonchev–Trinajstić information content (AvgIpc) is 2.92. The van der Waals surface area contributed by atoms with E-state index < -0.39 is 0 Å². The molecule has 110 valence electrons. The van der Waals surface area contributed by atoms with E-state index in [1.807, 2.05) is 0 Å². The first-order valence-corrected chi connectivity index (χ1v) is 7.83. The zero-order valence-corrected chi connectivity index (χ0v) is 12.5. The van der Waals surface area contributed by atoms with Crippen LogP contribution in [-0.4, -0.2) is 62.0 Å². The van der Waals surface area contributed by atoms with Crippen molar-refractivity contribution in [3.63, 3.8) is 0 Å². The summed E-state index contributed by atoms with van der Waals surface area (Å²) in [5.41, 5.74) is 0. The van der Waals surface area contributed by atoms with E-state index in [0.29, 0.717) is 5.91 Å². The van der Waals surface area contributed by atoms with Gasteiger partial charge in [0.2, 0.25) is 5.91 Å². The van der Waals surface area contributed by atoms with Crippen molar-refractivity contribution in [1.29, 1.82) is 0 Å². The third-order valence-corrected chi connectivity index (χ3v) is 4.50. The molecule has 1 N–H and O–H groups in total. The second-order valence-electron chi connectivity index (χ2n) is 6.36. The zero-order valence-electron chi connectivity index (χ0n) is 12.5. The second-order valence-corrected chi connectivity index (χ2v) is 6.36. The summed E-state index contributed by atoms with van der Waals surface area (Å²) in [6.07, 6.45) is 7.19. The molecule has 0 saturated carbocycles. The van der Waals surface area contributed by atoms with E-state index in [-0.39, 0.29) is 6.04 Å². The number of carbonyl (C=O) groups excluding carboxylic acids is 1. The summed E-state index contributed by atoms with van der Waals surface area (Å²) < 4.78 is 0. The molecule has 0 aromatic rings. The molecule has 2 aliphatic heterocycles. The Morgan fingerprint density at radius 3 is 2.58 bits per heavy atom. The van der Waals surface area contributed by atoms with Gasteiger partial charge in [0.15, 0.2) is 0 Å². The Kier molecular flexibility index (Phi) is 5.64. The maximum absolute atomic E-state index is 12.3. The molecule has 2 rings (SSSR count). The van der Waals surface area contributed by atoms with Crippen LogP contribution in [0.5, 0.6) is 0 Å². The zero-order chi connectivity index (χ0) is 13.7. The van der Waals surface area contributed by atoms with Crippen LogP contribution in [0.3, 0.4) is 0 Å². The molecule has 19 heavy (non-hydrogen) atoms. The first-order valence-electron chi connectivity index (χ1n) is 7.83. The number of carbonyl (C=O) groups is 1. The maximum Gasteiger partial charge on any atom is 0.239 e. The molecule has 0 aromatic carbocycles. The number of hydrogen-bond acceptors (Lipinski definition) is 3. The smallest absolute Gasteiger partial charge is 0.239 e. The van der Waals surface area contributed by atoms with E-state index >= 15 is 0 Å². The number of hydrogen-bond donors (Lipinski definition) is 1. The predicted molar refractivity (Wildman–Crippen MR) is 78.1 cm³/mol. The lowest BCUT2D eigenvalue weighted by molar-refractivity contribution is -0.134. The van der Waals surface area contributed by atoms with E-state index in [1.54, 1.807) is 0 Å². The summed E-state index contributed by atoms with van der Waals surface area (Å²) in [6, 6.07) is 0.116. The fourth-order valence-electron chi connectivity index (χ4n) is 3.25. The molecule has 2 heterocycles. The SMILES string of the molecule is CN(C)CCCC1CCN(C(=O)C2CCCN2)CC1. The van der Waals surface area contributed by atoms with Gasteiger partial charge in [-0.25, -0.2) is 0 Å². The summed E-state index contributed by atoms with van der Waals surface area (Å²) in [5.74, 6) is 1.18. The molecule has 2 aliphatic rings. The molecular formula is C15H29N3O. The Morgan fingerprint density at radius 2 is 2.00 bits per heavy atom. The molecule has 2 fully saturated rings. The summed E-state index contributed by atoms with van der Waals surface area (Å²) in [4.78, 5) is 16.6. The Labute approximate surface area is 117 Å². The molecule has 1 unspecified atom stereocenters. The van der Waals surface area contributed by atoms with E-state index in [4.69, 9.17) is 0 Å². The fraction of sp³-hybridized carbons (Fsp3) is 0.933. The largest absolute Gasteiger partial charge is 0.341 e. The maximum atomic E-state index is 12.3. The van der Waals surface area contributed by atoms with Crippen molar-refractivity contribution < 1.29 is 4.79 Å². The van der Waals surface area contributed by atoms with Gasteiger partial charge in [-0.05, 0) is 71.6 Å². The number of rotatable bonds is 5. The molecule has 0 spiro atoms. The number of likely N-dealkylation sites (tertiary alicyclic amines) is 1. The van der Waals surface area contributed by atoms with Crippen molar-refractivity contribution in [2.45, 2.75) is 44.6 Å². The number of nitrogens with one attached hydrogen (secondary N) is 1. The molecule has 0 bridgehead atoms. The summed E-state index contributed by atoms with van der Waals surface area (Å²) in [6.45, 7) is 4.15. The van der Waals surface area contributed by atoms with E-state index in [2.05, 4.69) is 29.2 Å². The minimum Gasteiger partial charge on any atom is -0.341 e. The molecule has 4 heteroatoms. The summed E-state index contributed by atoms with van der Waals surface area (Å²) in [5, 5.41) is 3.31. The normalized spacial score (nSPS) is 25.2. The Hall–Kier alpha value is -0.610. The first kappa shape index (κ1) is 14.8. The van der Waals surface area contributed by atoms with Crippen molar-refractivity contribution >= 4 is 5.91 Å². The van der Waals surface area contributed by atoms with Crippen LogP contribution in [0.25, 0.3) is 0 Å². The number of nitrogens with zero attached hydrogens (tertiary/aromatic N) is 2. The second kappa shape index (κ2) is 7.25. The predicted octanol–water partition coefficient (Wildman–Crippen LogP) is 1.32. The Bertz CT molecular complexity index is 279. The summed E-state index contributed by atoms with van der Waals surface area (Å²) >= 11 is 0. The van der Waals surface area contributed by atoms with Gasteiger partial charge in [-0.1, -0.05) is 0 Å². The highest BCUT2D eigenvalue weighted by Crippen LogP contribution is 2.23. The van der Waals surface area contributed by atoms with Gasteiger partial charge in [0.25, 0.3) is 0 Å². The highest BCUT2D eigenvalue weighted by molar-refractivity contribution is 5.82. The van der Waals surface area contributed by atoms with Crippen LogP contribution in [0.1, 0.15) is 38.5 Å². The van der Waals surface area contributed by atoms with Crippen LogP contribution < -0.4 is 5.32 Å². The molecule has 4 nitrogen and oxygen atoms in total. The quantitative estimate of drug-likeness (QED) is 0.816. The van der Waals surface area contributed by atoms with Gasteiger partial charge in [-0.15, -0.1) is 0 Å². The lowest BCUT2D eigenvalue weighted by Gasteiger charge is -2.33. The van der Waals surface area contributed by atoms with Crippen LogP contribution >= 0.6 is 0 Å². The van der Waals surface area contributed by atoms with E-state index in [0.717, 1.165) is 38.4 Å². The molecule has 0 aliphatic carbocycles. The van der Waals surface area contributed by atoms with E-state index in [1.165, 1.54) is 32.2 Å². The standard InChI is InChI=1S/C15H29N3O/c1-17(2)10-4-5-13-7-11-18(12-8-13)15(19)14-6-3-9-16-14/h13-14,16H,3-12H2,1-2H3. The number of piperidine rings is 1. The van der Waals surface area contributed by atoms with E-state index in [9.17, 15) is 4.79 Å². The third-order valence-electron chi connectivity index (χ3n) is 4.50. The van der Waals surface area contributed by atoms with Crippen LogP contribution in [-0.2, 0) is 4.79 Å². The van der Waals surface area contributed by atoms with Gasteiger partial charge in [-0.2, -0.15) is 0 Å². The van der Waals surface area contributed by atoms with Crippen molar-refractivity contribution in [3.05, 3.63) is 0 Å². The van der Waals surface area contributed by atoms with Gasteiger partial charge in [-0.3, -0.25) is 4.79 Å². The van der Waals surface area contributed by atoms with Crippen LogP contribution in [0.15, 0.2) is 0 Å². The molecule has 1 atom stereocenters. The lowest BCUT2D eigenvalue weighted by Crippen LogP contribution is -2.47. The first-order chi connectivity index (χ1) is 9.16. The topological polar surface area (TPSA) is 35.6 Å². The van der Waals surface area contributed by atoms with Crippen molar-refractivity contribution in [1.82, 2.24) is 15.1 Å². The Balaban J connectivity index is 1.65. The molecule has 0 radical (unpaired) electrons. The van der Waals surface area contributed by atoms with Gasteiger partial charge in [0, 0.05) is 13.1 Å².